The number of nitro groups is 1. The van der Waals surface area contributed by atoms with Gasteiger partial charge in [0, 0.05) is 25.1 Å². The highest BCUT2D eigenvalue weighted by Gasteiger charge is 2.23. The summed E-state index contributed by atoms with van der Waals surface area (Å²) in [5.41, 5.74) is 5.25. The number of benzene rings is 1. The molecule has 0 aliphatic carbocycles. The second kappa shape index (κ2) is 5.55. The minimum Gasteiger partial charge on any atom is -0.393 e. The highest BCUT2D eigenvalue weighted by atomic mass is 16.6. The van der Waals surface area contributed by atoms with Crippen LogP contribution in [0.25, 0.3) is 0 Å². The van der Waals surface area contributed by atoms with Crippen LogP contribution in [0.1, 0.15) is 23.2 Å². The van der Waals surface area contributed by atoms with Crippen molar-refractivity contribution >= 4 is 23.2 Å². The number of rotatable bonds is 3. The lowest BCUT2D eigenvalue weighted by Crippen LogP contribution is -2.47. The molecule has 1 aromatic rings. The van der Waals surface area contributed by atoms with Gasteiger partial charge in [-0.2, -0.15) is 0 Å². The smallest absolute Gasteiger partial charge is 0.292 e. The van der Waals surface area contributed by atoms with Crippen molar-refractivity contribution in [3.05, 3.63) is 33.9 Å². The molecule has 1 atom stereocenters. The second-order valence-corrected chi connectivity index (χ2v) is 4.51. The first-order valence-corrected chi connectivity index (χ1v) is 6.09. The maximum Gasteiger partial charge on any atom is 0.292 e. The SMILES string of the molecule is Nc1c(C(=O)NC2CCC(=O)NC2)cccc1[N+](=O)[O-]. The van der Waals surface area contributed by atoms with Crippen LogP contribution in [0.3, 0.4) is 0 Å². The molecular formula is C12H14N4O4. The second-order valence-electron chi connectivity index (χ2n) is 4.51. The summed E-state index contributed by atoms with van der Waals surface area (Å²) >= 11 is 0. The molecule has 106 valence electrons. The summed E-state index contributed by atoms with van der Waals surface area (Å²) in [6, 6.07) is 3.89. The number of nitrogens with two attached hydrogens (primary N) is 1. The predicted molar refractivity (Wildman–Crippen MR) is 71.0 cm³/mol. The van der Waals surface area contributed by atoms with Crippen molar-refractivity contribution in [3.63, 3.8) is 0 Å². The third kappa shape index (κ3) is 2.85. The minimum absolute atomic E-state index is 0.0506. The number of para-hydroxylation sites is 1. The Morgan fingerprint density at radius 1 is 1.50 bits per heavy atom. The van der Waals surface area contributed by atoms with Crippen LogP contribution in [0.15, 0.2) is 18.2 Å². The number of nitrogens with one attached hydrogen (secondary N) is 2. The predicted octanol–water partition coefficient (Wildman–Crippen LogP) is 0.185. The molecular weight excluding hydrogens is 264 g/mol. The summed E-state index contributed by atoms with van der Waals surface area (Å²) < 4.78 is 0. The zero-order chi connectivity index (χ0) is 14.7. The lowest BCUT2D eigenvalue weighted by atomic mass is 10.1. The van der Waals surface area contributed by atoms with Crippen molar-refractivity contribution in [1.29, 1.82) is 0 Å². The number of nitro benzene ring substituents is 1. The van der Waals surface area contributed by atoms with Gasteiger partial charge in [-0.1, -0.05) is 6.07 Å². The Morgan fingerprint density at radius 3 is 2.85 bits per heavy atom. The molecule has 2 amide bonds. The van der Waals surface area contributed by atoms with Gasteiger partial charge < -0.3 is 16.4 Å². The van der Waals surface area contributed by atoms with Crippen LogP contribution < -0.4 is 16.4 Å². The van der Waals surface area contributed by atoms with E-state index in [2.05, 4.69) is 10.6 Å². The van der Waals surface area contributed by atoms with Crippen LogP contribution in [0, 0.1) is 10.1 Å². The third-order valence-corrected chi connectivity index (χ3v) is 3.13. The molecule has 1 aliphatic rings. The first-order valence-electron chi connectivity index (χ1n) is 6.09. The Morgan fingerprint density at radius 2 is 2.25 bits per heavy atom. The van der Waals surface area contributed by atoms with E-state index in [1.165, 1.54) is 18.2 Å². The number of anilines is 1. The minimum atomic E-state index is -0.632. The number of piperidine rings is 1. The van der Waals surface area contributed by atoms with E-state index in [-0.39, 0.29) is 28.9 Å². The highest BCUT2D eigenvalue weighted by molar-refractivity contribution is 6.01. The standard InChI is InChI=1S/C12H14N4O4/c13-11-8(2-1-3-9(11)16(19)20)12(18)15-7-4-5-10(17)14-6-7/h1-3,7H,4-6,13H2,(H,14,17)(H,15,18). The lowest BCUT2D eigenvalue weighted by molar-refractivity contribution is -0.383. The molecule has 2 rings (SSSR count). The van der Waals surface area contributed by atoms with Gasteiger partial charge in [-0.05, 0) is 12.5 Å². The van der Waals surface area contributed by atoms with E-state index in [4.69, 9.17) is 5.73 Å². The molecule has 1 fully saturated rings. The Balaban J connectivity index is 2.11. The van der Waals surface area contributed by atoms with Crippen molar-refractivity contribution in [3.8, 4) is 0 Å². The molecule has 0 aromatic heterocycles. The van der Waals surface area contributed by atoms with E-state index in [0.717, 1.165) is 0 Å². The Hall–Kier alpha value is -2.64. The van der Waals surface area contributed by atoms with E-state index in [9.17, 15) is 19.7 Å². The first-order chi connectivity index (χ1) is 9.49. The van der Waals surface area contributed by atoms with Gasteiger partial charge in [0.05, 0.1) is 10.5 Å². The van der Waals surface area contributed by atoms with Crippen LogP contribution in [0.2, 0.25) is 0 Å². The van der Waals surface area contributed by atoms with Crippen molar-refractivity contribution in [2.45, 2.75) is 18.9 Å². The average molecular weight is 278 g/mol. The molecule has 0 spiro atoms. The van der Waals surface area contributed by atoms with Gasteiger partial charge in [0.1, 0.15) is 5.69 Å². The van der Waals surface area contributed by atoms with Gasteiger partial charge in [-0.25, -0.2) is 0 Å². The summed E-state index contributed by atoms with van der Waals surface area (Å²) in [5, 5.41) is 16.1. The van der Waals surface area contributed by atoms with Gasteiger partial charge in [0.15, 0.2) is 0 Å². The third-order valence-electron chi connectivity index (χ3n) is 3.13. The number of amides is 2. The molecule has 0 saturated carbocycles. The van der Waals surface area contributed by atoms with E-state index in [1.807, 2.05) is 0 Å². The molecule has 1 aliphatic heterocycles. The molecule has 1 aromatic carbocycles. The van der Waals surface area contributed by atoms with Crippen LogP contribution in [0.5, 0.6) is 0 Å². The molecule has 8 heteroatoms. The zero-order valence-electron chi connectivity index (χ0n) is 10.6. The number of hydrogen-bond acceptors (Lipinski definition) is 5. The first kappa shape index (κ1) is 13.8. The van der Waals surface area contributed by atoms with Gasteiger partial charge in [0.25, 0.3) is 11.6 Å². The molecule has 1 unspecified atom stereocenters. The highest BCUT2D eigenvalue weighted by Crippen LogP contribution is 2.24. The van der Waals surface area contributed by atoms with E-state index in [1.54, 1.807) is 0 Å². The maximum absolute atomic E-state index is 12.1. The maximum atomic E-state index is 12.1. The number of carbonyl (C=O) groups excluding carboxylic acids is 2. The van der Waals surface area contributed by atoms with Crippen LogP contribution in [0.4, 0.5) is 11.4 Å². The molecule has 4 N–H and O–H groups in total. The van der Waals surface area contributed by atoms with Crippen LogP contribution >= 0.6 is 0 Å². The molecule has 20 heavy (non-hydrogen) atoms. The van der Waals surface area contributed by atoms with E-state index >= 15 is 0 Å². The average Bonchev–Trinajstić information content (AvgIpc) is 2.41. The summed E-state index contributed by atoms with van der Waals surface area (Å²) in [6.45, 7) is 0.347. The number of nitrogen functional groups attached to an aromatic ring is 1. The van der Waals surface area contributed by atoms with Gasteiger partial charge in [0.2, 0.25) is 5.91 Å². The fraction of sp³-hybridized carbons (Fsp3) is 0.333. The largest absolute Gasteiger partial charge is 0.393 e. The van der Waals surface area contributed by atoms with Crippen molar-refractivity contribution in [2.75, 3.05) is 12.3 Å². The normalized spacial score (nSPS) is 18.2. The molecule has 1 heterocycles. The summed E-state index contributed by atoms with van der Waals surface area (Å²) in [5.74, 6) is -0.530. The topological polar surface area (TPSA) is 127 Å². The summed E-state index contributed by atoms with van der Waals surface area (Å²) in [6.07, 6.45) is 0.877. The Kier molecular flexibility index (Phi) is 3.83. The monoisotopic (exact) mass is 278 g/mol. The number of nitrogens with zero attached hydrogens (tertiary/aromatic N) is 1. The fourth-order valence-corrected chi connectivity index (χ4v) is 2.03. The molecule has 8 nitrogen and oxygen atoms in total. The molecule has 1 saturated heterocycles. The van der Waals surface area contributed by atoms with Gasteiger partial charge >= 0.3 is 0 Å². The Labute approximate surface area is 114 Å². The van der Waals surface area contributed by atoms with Crippen LogP contribution in [-0.4, -0.2) is 29.3 Å². The molecule has 0 radical (unpaired) electrons. The summed E-state index contributed by atoms with van der Waals surface area (Å²) in [7, 11) is 0. The number of hydrogen-bond donors (Lipinski definition) is 3. The number of carbonyl (C=O) groups is 2. The van der Waals surface area contributed by atoms with Crippen molar-refractivity contribution < 1.29 is 14.5 Å². The van der Waals surface area contributed by atoms with Gasteiger partial charge in [-0.15, -0.1) is 0 Å². The quantitative estimate of drug-likeness (QED) is 0.413. The van der Waals surface area contributed by atoms with Crippen molar-refractivity contribution in [1.82, 2.24) is 10.6 Å². The zero-order valence-corrected chi connectivity index (χ0v) is 10.6. The summed E-state index contributed by atoms with van der Waals surface area (Å²) in [4.78, 5) is 33.2. The Bertz CT molecular complexity index is 563. The van der Waals surface area contributed by atoms with Crippen molar-refractivity contribution in [2.24, 2.45) is 0 Å². The van der Waals surface area contributed by atoms with Crippen LogP contribution in [-0.2, 0) is 4.79 Å². The fourth-order valence-electron chi connectivity index (χ4n) is 2.03. The van der Waals surface area contributed by atoms with E-state index < -0.39 is 10.8 Å². The lowest BCUT2D eigenvalue weighted by Gasteiger charge is -2.23. The molecule has 0 bridgehead atoms. The van der Waals surface area contributed by atoms with Gasteiger partial charge in [-0.3, -0.25) is 19.7 Å². The van der Waals surface area contributed by atoms with E-state index in [0.29, 0.717) is 19.4 Å².